The molecule has 0 saturated carbocycles. The minimum absolute atomic E-state index is 0.389. The molecule has 0 unspecified atom stereocenters. The lowest BCUT2D eigenvalue weighted by atomic mass is 10.2. The standard InChI is InChI=1S/C15H17N5O2/c1-20(17)14(19-16)11-6-5-7-12(10-11)18-15(21)22-13-8-3-2-4-9-13/h2-10H,16-17H2,1H3,(H,18,21)/b19-14-. The molecular formula is C15H17N5O2. The Morgan fingerprint density at radius 3 is 2.55 bits per heavy atom. The normalized spacial score (nSPS) is 10.9. The maximum Gasteiger partial charge on any atom is 0.417 e. The number of carbonyl (C=O) groups is 1. The van der Waals surface area contributed by atoms with E-state index in [2.05, 4.69) is 10.4 Å². The van der Waals surface area contributed by atoms with E-state index in [-0.39, 0.29) is 0 Å². The highest BCUT2D eigenvalue weighted by molar-refractivity contribution is 5.99. The van der Waals surface area contributed by atoms with Gasteiger partial charge in [0, 0.05) is 18.3 Å². The molecule has 7 heteroatoms. The second-order valence-electron chi connectivity index (χ2n) is 4.47. The van der Waals surface area contributed by atoms with E-state index in [4.69, 9.17) is 16.4 Å². The summed E-state index contributed by atoms with van der Waals surface area (Å²) in [7, 11) is 1.62. The van der Waals surface area contributed by atoms with E-state index in [0.29, 0.717) is 22.8 Å². The number of nitrogens with two attached hydrogens (primary N) is 2. The van der Waals surface area contributed by atoms with Gasteiger partial charge in [0.05, 0.1) is 0 Å². The molecule has 1 amide bonds. The number of hydrogen-bond donors (Lipinski definition) is 3. The molecule has 0 aromatic heterocycles. The summed E-state index contributed by atoms with van der Waals surface area (Å²) < 4.78 is 5.15. The van der Waals surface area contributed by atoms with E-state index in [1.165, 1.54) is 5.01 Å². The Kier molecular flexibility index (Phi) is 4.94. The molecule has 0 saturated heterocycles. The van der Waals surface area contributed by atoms with Gasteiger partial charge in [0.1, 0.15) is 5.75 Å². The smallest absolute Gasteiger partial charge is 0.410 e. The SMILES string of the molecule is CN(N)/C(=N\N)c1cccc(NC(=O)Oc2ccccc2)c1. The fourth-order valence-electron chi connectivity index (χ4n) is 1.84. The van der Waals surface area contributed by atoms with Crippen LogP contribution in [0.2, 0.25) is 0 Å². The van der Waals surface area contributed by atoms with E-state index in [9.17, 15) is 4.79 Å². The summed E-state index contributed by atoms with van der Waals surface area (Å²) in [5.74, 6) is 11.8. The van der Waals surface area contributed by atoms with Gasteiger partial charge in [-0.2, -0.15) is 5.10 Å². The zero-order chi connectivity index (χ0) is 15.9. The molecule has 2 rings (SSSR count). The lowest BCUT2D eigenvalue weighted by Crippen LogP contribution is -2.34. The average Bonchev–Trinajstić information content (AvgIpc) is 2.49. The monoisotopic (exact) mass is 299 g/mol. The largest absolute Gasteiger partial charge is 0.417 e. The number of rotatable bonds is 3. The zero-order valence-electron chi connectivity index (χ0n) is 12.1. The van der Waals surface area contributed by atoms with E-state index in [0.717, 1.165) is 0 Å². The maximum absolute atomic E-state index is 11.8. The van der Waals surface area contributed by atoms with Gasteiger partial charge in [0.25, 0.3) is 0 Å². The number of anilines is 1. The van der Waals surface area contributed by atoms with Crippen LogP contribution in [-0.2, 0) is 0 Å². The van der Waals surface area contributed by atoms with Crippen molar-refractivity contribution in [3.8, 4) is 5.75 Å². The fraction of sp³-hybridized carbons (Fsp3) is 0.0667. The number of para-hydroxylation sites is 1. The molecule has 2 aromatic rings. The lowest BCUT2D eigenvalue weighted by molar-refractivity contribution is 0.215. The van der Waals surface area contributed by atoms with Crippen molar-refractivity contribution in [1.82, 2.24) is 5.01 Å². The first-order valence-electron chi connectivity index (χ1n) is 6.51. The summed E-state index contributed by atoms with van der Waals surface area (Å²) in [6.45, 7) is 0. The summed E-state index contributed by atoms with van der Waals surface area (Å²) in [6, 6.07) is 15.7. The first-order valence-corrected chi connectivity index (χ1v) is 6.51. The third kappa shape index (κ3) is 3.97. The maximum atomic E-state index is 11.8. The van der Waals surface area contributed by atoms with Gasteiger partial charge in [-0.1, -0.05) is 30.3 Å². The second-order valence-corrected chi connectivity index (χ2v) is 4.47. The molecule has 0 aliphatic rings. The van der Waals surface area contributed by atoms with E-state index >= 15 is 0 Å². The van der Waals surface area contributed by atoms with Gasteiger partial charge in [-0.25, -0.2) is 10.6 Å². The third-order valence-corrected chi connectivity index (χ3v) is 2.78. The fourth-order valence-corrected chi connectivity index (χ4v) is 1.84. The number of nitrogens with zero attached hydrogens (tertiary/aromatic N) is 2. The Balaban J connectivity index is 2.09. The van der Waals surface area contributed by atoms with Gasteiger partial charge in [-0.3, -0.25) is 10.3 Å². The molecule has 0 aliphatic heterocycles. The Bertz CT molecular complexity index is 671. The number of amidine groups is 1. The van der Waals surface area contributed by atoms with Crippen LogP contribution in [0.5, 0.6) is 5.75 Å². The summed E-state index contributed by atoms with van der Waals surface area (Å²) in [6.07, 6.45) is -0.587. The Morgan fingerprint density at radius 2 is 1.91 bits per heavy atom. The number of hydrogen-bond acceptors (Lipinski definition) is 5. The lowest BCUT2D eigenvalue weighted by Gasteiger charge is -2.15. The molecule has 0 fully saturated rings. The minimum Gasteiger partial charge on any atom is -0.410 e. The molecule has 22 heavy (non-hydrogen) atoms. The van der Waals surface area contributed by atoms with Gasteiger partial charge in [-0.05, 0) is 24.3 Å². The van der Waals surface area contributed by atoms with Crippen LogP contribution < -0.4 is 21.7 Å². The highest BCUT2D eigenvalue weighted by Gasteiger charge is 2.09. The van der Waals surface area contributed by atoms with Crippen molar-refractivity contribution in [2.75, 3.05) is 12.4 Å². The highest BCUT2D eigenvalue weighted by Crippen LogP contribution is 2.14. The van der Waals surface area contributed by atoms with Gasteiger partial charge in [-0.15, -0.1) is 0 Å². The van der Waals surface area contributed by atoms with Crippen LogP contribution >= 0.6 is 0 Å². The molecule has 0 bridgehead atoms. The van der Waals surface area contributed by atoms with Crippen molar-refractivity contribution in [3.63, 3.8) is 0 Å². The number of benzene rings is 2. The number of nitrogens with one attached hydrogen (secondary N) is 1. The topological polar surface area (TPSA) is 106 Å². The number of ether oxygens (including phenoxy) is 1. The molecule has 0 aliphatic carbocycles. The Morgan fingerprint density at radius 1 is 1.18 bits per heavy atom. The molecule has 7 nitrogen and oxygen atoms in total. The van der Waals surface area contributed by atoms with Crippen LogP contribution in [0.3, 0.4) is 0 Å². The molecule has 0 spiro atoms. The first-order chi connectivity index (χ1) is 10.6. The Hall–Kier alpha value is -3.06. The van der Waals surface area contributed by atoms with Crippen LogP contribution in [0.25, 0.3) is 0 Å². The predicted octanol–water partition coefficient (Wildman–Crippen LogP) is 1.72. The Labute approximate surface area is 128 Å². The number of hydrazone groups is 1. The van der Waals surface area contributed by atoms with Crippen LogP contribution in [0.15, 0.2) is 59.7 Å². The second kappa shape index (κ2) is 7.09. The molecule has 5 N–H and O–H groups in total. The van der Waals surface area contributed by atoms with Crippen LogP contribution in [-0.4, -0.2) is 24.0 Å². The summed E-state index contributed by atoms with van der Waals surface area (Å²) in [5, 5.41) is 7.54. The van der Waals surface area contributed by atoms with Crippen LogP contribution in [0.1, 0.15) is 5.56 Å². The number of carbonyl (C=O) groups excluding carboxylic acids is 1. The van der Waals surface area contributed by atoms with Gasteiger partial charge < -0.3 is 10.6 Å². The molecule has 0 radical (unpaired) electrons. The van der Waals surface area contributed by atoms with Crippen molar-refractivity contribution >= 4 is 17.6 Å². The average molecular weight is 299 g/mol. The molecule has 2 aromatic carbocycles. The molecule has 0 atom stereocenters. The van der Waals surface area contributed by atoms with Gasteiger partial charge >= 0.3 is 6.09 Å². The van der Waals surface area contributed by atoms with Crippen LogP contribution in [0.4, 0.5) is 10.5 Å². The van der Waals surface area contributed by atoms with Gasteiger partial charge in [0.15, 0.2) is 5.84 Å². The van der Waals surface area contributed by atoms with E-state index in [1.54, 1.807) is 55.6 Å². The highest BCUT2D eigenvalue weighted by atomic mass is 16.6. The van der Waals surface area contributed by atoms with Crippen molar-refractivity contribution in [3.05, 3.63) is 60.2 Å². The number of amides is 1. The van der Waals surface area contributed by atoms with Crippen molar-refractivity contribution in [2.45, 2.75) is 0 Å². The van der Waals surface area contributed by atoms with Crippen molar-refractivity contribution < 1.29 is 9.53 Å². The quantitative estimate of drug-likeness (QED) is 0.346. The minimum atomic E-state index is -0.587. The predicted molar refractivity (Wildman–Crippen MR) is 85.2 cm³/mol. The van der Waals surface area contributed by atoms with E-state index < -0.39 is 6.09 Å². The molecular weight excluding hydrogens is 282 g/mol. The molecule has 114 valence electrons. The van der Waals surface area contributed by atoms with Crippen LogP contribution in [0, 0.1) is 0 Å². The number of hydrazine groups is 1. The summed E-state index contributed by atoms with van der Waals surface area (Å²) >= 11 is 0. The van der Waals surface area contributed by atoms with E-state index in [1.807, 2.05) is 6.07 Å². The first kappa shape index (κ1) is 15.3. The summed E-state index contributed by atoms with van der Waals surface area (Å²) in [5.41, 5.74) is 1.21. The third-order valence-electron chi connectivity index (χ3n) is 2.78. The molecule has 0 heterocycles. The van der Waals surface area contributed by atoms with Crippen molar-refractivity contribution in [1.29, 1.82) is 0 Å². The van der Waals surface area contributed by atoms with Gasteiger partial charge in [0.2, 0.25) is 0 Å². The van der Waals surface area contributed by atoms with Crippen molar-refractivity contribution in [2.24, 2.45) is 16.8 Å². The zero-order valence-corrected chi connectivity index (χ0v) is 12.1. The summed E-state index contributed by atoms with van der Waals surface area (Å²) in [4.78, 5) is 11.8.